The van der Waals surface area contributed by atoms with Crippen LogP contribution in [0.1, 0.15) is 10.4 Å². The van der Waals surface area contributed by atoms with E-state index in [1.807, 2.05) is 0 Å². The largest absolute Gasteiger partial charge is 0.479 e. The fraction of sp³-hybridized carbons (Fsp3) is 0.316. The zero-order valence-corrected chi connectivity index (χ0v) is 18.5. The number of aromatic nitrogens is 2. The van der Waals surface area contributed by atoms with Gasteiger partial charge in [0.2, 0.25) is 11.4 Å². The van der Waals surface area contributed by atoms with Gasteiger partial charge in [0.15, 0.2) is 0 Å². The van der Waals surface area contributed by atoms with Crippen LogP contribution in [0.3, 0.4) is 0 Å². The first kappa shape index (κ1) is 22.0. The lowest BCUT2D eigenvalue weighted by Gasteiger charge is -2.35. The quantitative estimate of drug-likeness (QED) is 0.662. The number of fused-ring (bicyclic) bond motifs is 1. The van der Waals surface area contributed by atoms with Crippen molar-refractivity contribution in [2.75, 3.05) is 38.2 Å². The molecule has 0 bridgehead atoms. The summed E-state index contributed by atoms with van der Waals surface area (Å²) in [6.07, 6.45) is 0.646. The van der Waals surface area contributed by atoms with E-state index in [1.54, 1.807) is 29.2 Å². The predicted octanol–water partition coefficient (Wildman–Crippen LogP) is 2.01. The molecular formula is C19H19ClN6O5S. The predicted molar refractivity (Wildman–Crippen MR) is 116 cm³/mol. The minimum Gasteiger partial charge on any atom is -0.479 e. The van der Waals surface area contributed by atoms with Gasteiger partial charge in [-0.25, -0.2) is 19.5 Å². The van der Waals surface area contributed by atoms with Crippen molar-refractivity contribution in [1.29, 1.82) is 0 Å². The Morgan fingerprint density at radius 1 is 1.16 bits per heavy atom. The van der Waals surface area contributed by atoms with Gasteiger partial charge in [0, 0.05) is 36.8 Å². The maximum absolute atomic E-state index is 12.7. The van der Waals surface area contributed by atoms with Crippen LogP contribution >= 0.6 is 23.4 Å². The molecule has 4 rings (SSSR count). The van der Waals surface area contributed by atoms with Crippen molar-refractivity contribution >= 4 is 47.1 Å². The molecule has 13 heteroatoms. The third-order valence-corrected chi connectivity index (χ3v) is 6.21. The summed E-state index contributed by atoms with van der Waals surface area (Å²) in [4.78, 5) is 49.7. The maximum Gasteiger partial charge on any atom is 0.412 e. The second-order valence-electron chi connectivity index (χ2n) is 6.84. The molecule has 1 aromatic heterocycles. The number of urea groups is 1. The number of nitrogens with two attached hydrogens (primary N) is 1. The number of anilines is 1. The van der Waals surface area contributed by atoms with Crippen molar-refractivity contribution in [3.8, 4) is 5.88 Å². The lowest BCUT2D eigenvalue weighted by atomic mass is 10.2. The van der Waals surface area contributed by atoms with Crippen LogP contribution in [0.15, 0.2) is 35.6 Å². The van der Waals surface area contributed by atoms with Crippen molar-refractivity contribution in [2.24, 2.45) is 5.73 Å². The lowest BCUT2D eigenvalue weighted by molar-refractivity contribution is 0.0539. The molecular weight excluding hydrogens is 460 g/mol. The Kier molecular flexibility index (Phi) is 6.24. The molecule has 0 spiro atoms. The van der Waals surface area contributed by atoms with Crippen molar-refractivity contribution in [2.45, 2.75) is 10.6 Å². The number of carbonyl (C=O) groups excluding carboxylic acids is 3. The van der Waals surface area contributed by atoms with Gasteiger partial charge in [-0.2, -0.15) is 4.98 Å². The molecule has 3 heterocycles. The molecule has 1 unspecified atom stereocenters. The molecule has 168 valence electrons. The number of benzene rings is 1. The Bertz CT molecular complexity index is 1060. The van der Waals surface area contributed by atoms with Gasteiger partial charge in [-0.1, -0.05) is 17.7 Å². The molecule has 0 aliphatic carbocycles. The fourth-order valence-corrected chi connectivity index (χ4v) is 4.62. The molecule has 1 atom stereocenters. The molecule has 2 aliphatic heterocycles. The number of halogens is 1. The monoisotopic (exact) mass is 478 g/mol. The van der Waals surface area contributed by atoms with Gasteiger partial charge in [0.25, 0.3) is 5.91 Å². The third-order valence-electron chi connectivity index (χ3n) is 4.95. The van der Waals surface area contributed by atoms with E-state index in [4.69, 9.17) is 26.8 Å². The van der Waals surface area contributed by atoms with Crippen LogP contribution in [0.2, 0.25) is 5.02 Å². The summed E-state index contributed by atoms with van der Waals surface area (Å²) >= 11 is 7.01. The minimum absolute atomic E-state index is 0.146. The van der Waals surface area contributed by atoms with Crippen molar-refractivity contribution in [1.82, 2.24) is 19.8 Å². The topological polar surface area (TPSA) is 131 Å². The number of rotatable bonds is 3. The van der Waals surface area contributed by atoms with Gasteiger partial charge >= 0.3 is 12.1 Å². The van der Waals surface area contributed by atoms with E-state index >= 15 is 0 Å². The Morgan fingerprint density at radius 2 is 1.88 bits per heavy atom. The van der Waals surface area contributed by atoms with Crippen molar-refractivity contribution in [3.05, 3.63) is 41.2 Å². The Labute approximate surface area is 192 Å². The van der Waals surface area contributed by atoms with Crippen LogP contribution in [0.25, 0.3) is 0 Å². The Hall–Kier alpha value is -3.25. The summed E-state index contributed by atoms with van der Waals surface area (Å²) in [5.41, 5.74) is 5.19. The van der Waals surface area contributed by atoms with Gasteiger partial charge in [0.05, 0.1) is 7.11 Å². The Morgan fingerprint density at radius 3 is 2.53 bits per heavy atom. The molecule has 0 saturated carbocycles. The summed E-state index contributed by atoms with van der Waals surface area (Å²) in [7, 11) is 1.40. The first-order chi connectivity index (χ1) is 15.4. The van der Waals surface area contributed by atoms with Crippen LogP contribution < -0.4 is 15.4 Å². The molecule has 1 saturated heterocycles. The summed E-state index contributed by atoms with van der Waals surface area (Å²) in [5.74, 6) is -0.0131. The normalized spacial score (nSPS) is 17.7. The zero-order valence-electron chi connectivity index (χ0n) is 16.9. The highest BCUT2D eigenvalue weighted by atomic mass is 35.5. The third kappa shape index (κ3) is 4.23. The molecule has 1 fully saturated rings. The highest BCUT2D eigenvalue weighted by Gasteiger charge is 2.41. The lowest BCUT2D eigenvalue weighted by Crippen LogP contribution is -2.52. The zero-order chi connectivity index (χ0) is 22.8. The number of thioether (sulfide) groups is 1. The summed E-state index contributed by atoms with van der Waals surface area (Å²) < 4.78 is 10.7. The van der Waals surface area contributed by atoms with Crippen LogP contribution in [0.4, 0.5) is 15.3 Å². The molecule has 1 aromatic carbocycles. The van der Waals surface area contributed by atoms with E-state index in [2.05, 4.69) is 9.97 Å². The number of amides is 4. The Balaban J connectivity index is 1.39. The molecule has 2 N–H and O–H groups in total. The fourth-order valence-electron chi connectivity index (χ4n) is 3.39. The first-order valence-electron chi connectivity index (χ1n) is 9.53. The van der Waals surface area contributed by atoms with E-state index < -0.39 is 17.7 Å². The van der Waals surface area contributed by atoms with Gasteiger partial charge in [-0.3, -0.25) is 4.79 Å². The first-order valence-corrected chi connectivity index (χ1v) is 10.8. The number of ether oxygens (including phenoxy) is 2. The molecule has 32 heavy (non-hydrogen) atoms. The van der Waals surface area contributed by atoms with Crippen molar-refractivity contribution < 1.29 is 23.9 Å². The van der Waals surface area contributed by atoms with E-state index in [0.29, 0.717) is 28.7 Å². The summed E-state index contributed by atoms with van der Waals surface area (Å²) in [6, 6.07) is 5.88. The van der Waals surface area contributed by atoms with E-state index in [-0.39, 0.29) is 30.6 Å². The number of carbonyl (C=O) groups is 3. The van der Waals surface area contributed by atoms with Crippen LogP contribution in [-0.2, 0) is 4.74 Å². The van der Waals surface area contributed by atoms with Crippen molar-refractivity contribution in [3.63, 3.8) is 0 Å². The van der Waals surface area contributed by atoms with Crippen LogP contribution in [0.5, 0.6) is 5.88 Å². The van der Waals surface area contributed by atoms with Crippen LogP contribution in [0, 0.1) is 0 Å². The van der Waals surface area contributed by atoms with Gasteiger partial charge in [-0.15, -0.1) is 0 Å². The minimum atomic E-state index is -1.05. The highest BCUT2D eigenvalue weighted by molar-refractivity contribution is 8.00. The number of methoxy groups -OCH3 is 1. The molecule has 0 radical (unpaired) electrons. The molecule has 2 aromatic rings. The standard InChI is InChI=1S/C19H19ClN6O5S/c1-30-14-13-15(23-10-22-14)32-19(26(13)17(21)28)31-18(29)25-7-5-24(6-8-25)16(27)11-3-2-4-12(20)9-11/h2-4,9-10,19H,5-8H2,1H3,(H2,21,28). The van der Waals surface area contributed by atoms with E-state index in [1.165, 1.54) is 18.3 Å². The summed E-state index contributed by atoms with van der Waals surface area (Å²) in [5, 5.41) is 0.888. The summed E-state index contributed by atoms with van der Waals surface area (Å²) in [6.45, 7) is 1.21. The number of hydrogen-bond acceptors (Lipinski definition) is 8. The number of nitrogens with zero attached hydrogens (tertiary/aromatic N) is 5. The smallest absolute Gasteiger partial charge is 0.412 e. The average Bonchev–Trinajstić information content (AvgIpc) is 3.16. The highest BCUT2D eigenvalue weighted by Crippen LogP contribution is 2.46. The average molecular weight is 479 g/mol. The van der Waals surface area contributed by atoms with Gasteiger partial charge in [-0.05, 0) is 30.0 Å². The molecule has 4 amide bonds. The molecule has 11 nitrogen and oxygen atoms in total. The van der Waals surface area contributed by atoms with Gasteiger partial charge < -0.3 is 25.0 Å². The van der Waals surface area contributed by atoms with Crippen LogP contribution in [-0.4, -0.2) is 76.6 Å². The number of primary amides is 1. The second kappa shape index (κ2) is 9.09. The number of hydrogen-bond donors (Lipinski definition) is 1. The maximum atomic E-state index is 12.7. The van der Waals surface area contributed by atoms with E-state index in [0.717, 1.165) is 16.7 Å². The van der Waals surface area contributed by atoms with Gasteiger partial charge in [0.1, 0.15) is 17.0 Å². The second-order valence-corrected chi connectivity index (χ2v) is 8.31. The van der Waals surface area contributed by atoms with E-state index in [9.17, 15) is 14.4 Å². The number of piperazine rings is 1. The molecule has 2 aliphatic rings. The SMILES string of the molecule is COc1ncnc2c1N(C(N)=O)C(OC(=O)N1CCN(C(=O)c3cccc(Cl)c3)CC1)S2.